The van der Waals surface area contributed by atoms with Crippen LogP contribution in [0.5, 0.6) is 0 Å². The number of halogens is 1. The van der Waals surface area contributed by atoms with Gasteiger partial charge in [0.1, 0.15) is 10.7 Å². The fraction of sp³-hybridized carbons (Fsp3) is 0.375. The number of sulfonamides is 1. The van der Waals surface area contributed by atoms with Crippen molar-refractivity contribution in [3.05, 3.63) is 58.6 Å². The minimum Gasteiger partial charge on any atom is -0.449 e. The van der Waals surface area contributed by atoms with Crippen LogP contribution in [0.3, 0.4) is 0 Å². The van der Waals surface area contributed by atoms with Gasteiger partial charge in [0, 0.05) is 29.7 Å². The van der Waals surface area contributed by atoms with Crippen molar-refractivity contribution >= 4 is 32.6 Å². The molecule has 0 saturated carbocycles. The van der Waals surface area contributed by atoms with E-state index in [0.717, 1.165) is 31.2 Å². The van der Waals surface area contributed by atoms with Gasteiger partial charge in [-0.05, 0) is 75.1 Å². The summed E-state index contributed by atoms with van der Waals surface area (Å²) in [6, 6.07) is 6.95. The number of anilines is 1. The van der Waals surface area contributed by atoms with Crippen LogP contribution in [0.4, 0.5) is 10.1 Å². The molecule has 170 valence electrons. The first kappa shape index (κ1) is 22.3. The van der Waals surface area contributed by atoms with Crippen LogP contribution in [0.2, 0.25) is 0 Å². The number of nitrogens with zero attached hydrogens (tertiary/aromatic N) is 1. The molecule has 0 radical (unpaired) electrons. The summed E-state index contributed by atoms with van der Waals surface area (Å²) >= 11 is 0. The lowest BCUT2D eigenvalue weighted by Crippen LogP contribution is -2.31. The summed E-state index contributed by atoms with van der Waals surface area (Å²) in [5.74, 6) is -0.476. The summed E-state index contributed by atoms with van der Waals surface area (Å²) in [5.41, 5.74) is 2.35. The number of hydrogen-bond acceptors (Lipinski definition) is 4. The number of amides is 1. The topological polar surface area (TPSA) is 79.6 Å². The van der Waals surface area contributed by atoms with Gasteiger partial charge in [0.2, 0.25) is 0 Å². The number of aryl methyl sites for hydroxylation is 2. The Bertz CT molecular complexity index is 1270. The Morgan fingerprint density at radius 1 is 1.00 bits per heavy atom. The molecule has 3 aromatic rings. The molecule has 0 unspecified atom stereocenters. The molecule has 2 aromatic carbocycles. The van der Waals surface area contributed by atoms with E-state index in [1.54, 1.807) is 18.7 Å². The molecule has 1 N–H and O–H groups in total. The minimum absolute atomic E-state index is 0.00478. The highest BCUT2D eigenvalue weighted by atomic mass is 32.2. The average molecular weight is 459 g/mol. The van der Waals surface area contributed by atoms with Gasteiger partial charge >= 0.3 is 0 Å². The Hall–Kier alpha value is -2.87. The molecular weight excluding hydrogens is 431 g/mol. The minimum atomic E-state index is -4.06. The van der Waals surface area contributed by atoms with E-state index in [9.17, 15) is 17.6 Å². The number of fused-ring (bicyclic) bond motifs is 1. The summed E-state index contributed by atoms with van der Waals surface area (Å²) in [6.45, 7) is 6.67. The van der Waals surface area contributed by atoms with Crippen molar-refractivity contribution in [1.82, 2.24) is 4.90 Å². The Kier molecular flexibility index (Phi) is 5.99. The van der Waals surface area contributed by atoms with E-state index < -0.39 is 15.8 Å². The number of likely N-dealkylation sites (tertiary alicyclic amines) is 1. The number of furan rings is 1. The Morgan fingerprint density at radius 2 is 1.62 bits per heavy atom. The normalized spacial score (nSPS) is 15.1. The first-order valence-corrected chi connectivity index (χ1v) is 12.3. The van der Waals surface area contributed by atoms with Gasteiger partial charge in [0.15, 0.2) is 11.3 Å². The third-order valence-electron chi connectivity index (χ3n) is 6.15. The fourth-order valence-corrected chi connectivity index (χ4v) is 5.72. The first-order valence-electron chi connectivity index (χ1n) is 10.8. The van der Waals surface area contributed by atoms with Crippen molar-refractivity contribution in [3.63, 3.8) is 0 Å². The van der Waals surface area contributed by atoms with Crippen molar-refractivity contribution in [1.29, 1.82) is 0 Å². The first-order chi connectivity index (χ1) is 15.2. The second-order valence-electron chi connectivity index (χ2n) is 8.40. The van der Waals surface area contributed by atoms with Gasteiger partial charge in [0.25, 0.3) is 15.9 Å². The van der Waals surface area contributed by atoms with Crippen LogP contribution in [-0.4, -0.2) is 32.3 Å². The van der Waals surface area contributed by atoms with E-state index in [-0.39, 0.29) is 27.8 Å². The van der Waals surface area contributed by atoms with Crippen LogP contribution in [0.25, 0.3) is 11.0 Å². The molecule has 1 aliphatic rings. The molecule has 0 bridgehead atoms. The maximum atomic E-state index is 13.4. The van der Waals surface area contributed by atoms with Crippen molar-refractivity contribution in [2.24, 2.45) is 0 Å². The Labute approximate surface area is 187 Å². The van der Waals surface area contributed by atoms with Crippen molar-refractivity contribution < 1.29 is 22.0 Å². The molecule has 1 aromatic heterocycles. The van der Waals surface area contributed by atoms with Gasteiger partial charge in [-0.1, -0.05) is 12.8 Å². The SMILES string of the molecule is Cc1cc2c(C)c(C(=O)N3CCCCCC3)oc2c(S(=O)(=O)Nc2ccc(F)cc2)c1C. The van der Waals surface area contributed by atoms with E-state index in [1.807, 2.05) is 13.0 Å². The van der Waals surface area contributed by atoms with Gasteiger partial charge in [-0.25, -0.2) is 12.8 Å². The molecule has 32 heavy (non-hydrogen) atoms. The van der Waals surface area contributed by atoms with Gasteiger partial charge in [0.05, 0.1) is 0 Å². The van der Waals surface area contributed by atoms with Crippen LogP contribution in [0.1, 0.15) is 52.9 Å². The smallest absolute Gasteiger partial charge is 0.289 e. The predicted octanol–water partition coefficient (Wildman–Crippen LogP) is 5.31. The molecule has 0 atom stereocenters. The zero-order chi connectivity index (χ0) is 23.0. The zero-order valence-corrected chi connectivity index (χ0v) is 19.3. The summed E-state index contributed by atoms with van der Waals surface area (Å²) in [5, 5.41) is 0.603. The monoisotopic (exact) mass is 458 g/mol. The largest absolute Gasteiger partial charge is 0.449 e. The van der Waals surface area contributed by atoms with E-state index in [1.165, 1.54) is 24.3 Å². The third-order valence-corrected chi connectivity index (χ3v) is 7.68. The highest BCUT2D eigenvalue weighted by molar-refractivity contribution is 7.93. The number of rotatable bonds is 4. The highest BCUT2D eigenvalue weighted by Crippen LogP contribution is 2.36. The molecule has 4 rings (SSSR count). The molecule has 0 aliphatic carbocycles. The third kappa shape index (κ3) is 4.11. The van der Waals surface area contributed by atoms with E-state index in [4.69, 9.17) is 4.42 Å². The van der Waals surface area contributed by atoms with Crippen LogP contribution >= 0.6 is 0 Å². The van der Waals surface area contributed by atoms with Gasteiger partial charge in [-0.2, -0.15) is 0 Å². The van der Waals surface area contributed by atoms with Crippen molar-refractivity contribution in [2.75, 3.05) is 17.8 Å². The second kappa shape index (κ2) is 8.58. The summed E-state index contributed by atoms with van der Waals surface area (Å²) in [4.78, 5) is 15.0. The predicted molar refractivity (Wildman–Crippen MR) is 122 cm³/mol. The van der Waals surface area contributed by atoms with Crippen LogP contribution in [0, 0.1) is 26.6 Å². The molecule has 1 aliphatic heterocycles. The number of carbonyl (C=O) groups excluding carboxylic acids is 1. The van der Waals surface area contributed by atoms with Crippen LogP contribution < -0.4 is 4.72 Å². The van der Waals surface area contributed by atoms with Gasteiger partial charge in [-0.3, -0.25) is 9.52 Å². The standard InChI is InChI=1S/C24H27FN2O4S/c1-15-14-20-17(3)21(24(28)27-12-6-4-5-7-13-27)31-22(20)23(16(15)2)32(29,30)26-19-10-8-18(25)9-11-19/h8-11,14,26H,4-7,12-13H2,1-3H3. The number of nitrogens with one attached hydrogen (secondary N) is 1. The molecule has 1 saturated heterocycles. The lowest BCUT2D eigenvalue weighted by atomic mass is 10.0. The summed E-state index contributed by atoms with van der Waals surface area (Å²) in [6.07, 6.45) is 4.09. The number of benzene rings is 2. The maximum absolute atomic E-state index is 13.4. The molecule has 1 fully saturated rings. The lowest BCUT2D eigenvalue weighted by Gasteiger charge is -2.19. The van der Waals surface area contributed by atoms with Crippen molar-refractivity contribution in [3.8, 4) is 0 Å². The quantitative estimate of drug-likeness (QED) is 0.574. The van der Waals surface area contributed by atoms with Gasteiger partial charge < -0.3 is 9.32 Å². The maximum Gasteiger partial charge on any atom is 0.289 e. The molecule has 1 amide bonds. The summed E-state index contributed by atoms with van der Waals surface area (Å²) in [7, 11) is -4.06. The van der Waals surface area contributed by atoms with Crippen LogP contribution in [-0.2, 0) is 10.0 Å². The Morgan fingerprint density at radius 3 is 2.25 bits per heavy atom. The average Bonchev–Trinajstić information content (AvgIpc) is 2.93. The molecule has 8 heteroatoms. The second-order valence-corrected chi connectivity index (χ2v) is 10.0. The summed E-state index contributed by atoms with van der Waals surface area (Å²) < 4.78 is 48.4. The molecule has 2 heterocycles. The molecular formula is C24H27FN2O4S. The van der Waals surface area contributed by atoms with Crippen molar-refractivity contribution in [2.45, 2.75) is 51.3 Å². The fourth-order valence-electron chi connectivity index (χ4n) is 4.21. The molecule has 6 nitrogen and oxygen atoms in total. The highest BCUT2D eigenvalue weighted by Gasteiger charge is 2.30. The Balaban J connectivity index is 1.82. The number of carbonyl (C=O) groups is 1. The lowest BCUT2D eigenvalue weighted by molar-refractivity contribution is 0.0731. The number of hydrogen-bond donors (Lipinski definition) is 1. The van der Waals surface area contributed by atoms with E-state index in [0.29, 0.717) is 29.6 Å². The van der Waals surface area contributed by atoms with Crippen LogP contribution in [0.15, 0.2) is 39.6 Å². The van der Waals surface area contributed by atoms with E-state index in [2.05, 4.69) is 4.72 Å². The van der Waals surface area contributed by atoms with E-state index >= 15 is 0 Å². The van der Waals surface area contributed by atoms with Gasteiger partial charge in [-0.15, -0.1) is 0 Å². The molecule has 0 spiro atoms. The zero-order valence-electron chi connectivity index (χ0n) is 18.5.